The number of nitrogens with two attached hydrogens (primary N) is 1. The van der Waals surface area contributed by atoms with Crippen LogP contribution >= 0.6 is 23.4 Å². The van der Waals surface area contributed by atoms with Gasteiger partial charge < -0.3 is 10.9 Å². The molecule has 0 unspecified atom stereocenters. The maximum Gasteiger partial charge on any atom is 0.171 e. The van der Waals surface area contributed by atoms with Gasteiger partial charge in [-0.05, 0) is 29.7 Å². The molecule has 110 valence electrons. The maximum absolute atomic E-state index is 8.75. The molecule has 0 saturated carbocycles. The van der Waals surface area contributed by atoms with E-state index >= 15 is 0 Å². The summed E-state index contributed by atoms with van der Waals surface area (Å²) < 4.78 is 0. The van der Waals surface area contributed by atoms with E-state index in [1.54, 1.807) is 12.3 Å². The number of benzene rings is 1. The smallest absolute Gasteiger partial charge is 0.171 e. The predicted octanol–water partition coefficient (Wildman–Crippen LogP) is 4.10. The largest absolute Gasteiger partial charge is 0.409 e. The Balaban J connectivity index is 2.27. The molecule has 0 fully saturated rings. The standard InChI is InChI=1S/C15H16ClN3OS/c1-9(2)10-3-5-11(6-4-10)21-15-13(16)12(7-8-18-15)14(17)19-20/h3-9,20H,1-2H3,(H2,17,19). The van der Waals surface area contributed by atoms with E-state index in [-0.39, 0.29) is 5.84 Å². The van der Waals surface area contributed by atoms with Gasteiger partial charge in [0.05, 0.1) is 5.02 Å². The molecule has 21 heavy (non-hydrogen) atoms. The Kier molecular flexibility index (Phi) is 5.09. The first-order chi connectivity index (χ1) is 10.0. The van der Waals surface area contributed by atoms with Gasteiger partial charge in [-0.25, -0.2) is 4.98 Å². The number of hydrogen-bond donors (Lipinski definition) is 2. The lowest BCUT2D eigenvalue weighted by Gasteiger charge is -2.09. The van der Waals surface area contributed by atoms with E-state index in [9.17, 15) is 0 Å². The minimum absolute atomic E-state index is 0.0283. The molecule has 6 heteroatoms. The van der Waals surface area contributed by atoms with E-state index in [1.807, 2.05) is 12.1 Å². The first kappa shape index (κ1) is 15.7. The minimum atomic E-state index is -0.0283. The van der Waals surface area contributed by atoms with Gasteiger partial charge in [0, 0.05) is 16.7 Å². The van der Waals surface area contributed by atoms with Crippen LogP contribution in [0.1, 0.15) is 30.9 Å². The van der Waals surface area contributed by atoms with Gasteiger partial charge in [-0.2, -0.15) is 0 Å². The second kappa shape index (κ2) is 6.83. The van der Waals surface area contributed by atoms with Crippen molar-refractivity contribution in [2.45, 2.75) is 29.7 Å². The van der Waals surface area contributed by atoms with Gasteiger partial charge in [-0.3, -0.25) is 0 Å². The summed E-state index contributed by atoms with van der Waals surface area (Å²) in [6.07, 6.45) is 1.59. The topological polar surface area (TPSA) is 71.5 Å². The summed E-state index contributed by atoms with van der Waals surface area (Å²) in [6.45, 7) is 4.31. The molecule has 3 N–H and O–H groups in total. The highest BCUT2D eigenvalue weighted by atomic mass is 35.5. The van der Waals surface area contributed by atoms with Gasteiger partial charge in [-0.15, -0.1) is 0 Å². The Hall–Kier alpha value is -1.72. The molecule has 0 spiro atoms. The summed E-state index contributed by atoms with van der Waals surface area (Å²) in [4.78, 5) is 5.28. The molecule has 0 radical (unpaired) electrons. The molecule has 0 aliphatic carbocycles. The van der Waals surface area contributed by atoms with Crippen LogP contribution in [-0.2, 0) is 0 Å². The molecule has 0 amide bonds. The molecule has 1 aromatic carbocycles. The van der Waals surface area contributed by atoms with Gasteiger partial charge in [0.2, 0.25) is 0 Å². The highest BCUT2D eigenvalue weighted by Gasteiger charge is 2.12. The summed E-state index contributed by atoms with van der Waals surface area (Å²) in [5.41, 5.74) is 7.34. The molecule has 0 bridgehead atoms. The van der Waals surface area contributed by atoms with Crippen LogP contribution in [0.5, 0.6) is 0 Å². The van der Waals surface area contributed by atoms with Crippen LogP contribution in [0.4, 0.5) is 0 Å². The number of aromatic nitrogens is 1. The Morgan fingerprint density at radius 3 is 2.52 bits per heavy atom. The highest BCUT2D eigenvalue weighted by Crippen LogP contribution is 2.33. The van der Waals surface area contributed by atoms with Crippen molar-refractivity contribution in [2.75, 3.05) is 0 Å². The van der Waals surface area contributed by atoms with Crippen LogP contribution < -0.4 is 5.73 Å². The summed E-state index contributed by atoms with van der Waals surface area (Å²) in [6, 6.07) is 9.87. The number of hydrogen-bond acceptors (Lipinski definition) is 4. The Bertz CT molecular complexity index is 656. The third kappa shape index (κ3) is 3.68. The molecular formula is C15H16ClN3OS. The molecule has 2 aromatic rings. The minimum Gasteiger partial charge on any atom is -0.409 e. The molecule has 2 rings (SSSR count). The van der Waals surface area contributed by atoms with Gasteiger partial charge in [0.1, 0.15) is 5.03 Å². The quantitative estimate of drug-likeness (QED) is 0.385. The SMILES string of the molecule is CC(C)c1ccc(Sc2nccc(/C(N)=N/O)c2Cl)cc1. The molecule has 0 aliphatic rings. The van der Waals surface area contributed by atoms with Crippen molar-refractivity contribution in [3.05, 3.63) is 52.7 Å². The maximum atomic E-state index is 8.75. The summed E-state index contributed by atoms with van der Waals surface area (Å²) in [7, 11) is 0. The van der Waals surface area contributed by atoms with E-state index in [0.717, 1.165) is 4.90 Å². The van der Waals surface area contributed by atoms with Gasteiger partial charge in [0.25, 0.3) is 0 Å². The van der Waals surface area contributed by atoms with Crippen LogP contribution in [-0.4, -0.2) is 16.0 Å². The third-order valence-corrected chi connectivity index (χ3v) is 4.51. The summed E-state index contributed by atoms with van der Waals surface area (Å²) >= 11 is 7.70. The zero-order chi connectivity index (χ0) is 15.4. The van der Waals surface area contributed by atoms with Crippen LogP contribution in [0.15, 0.2) is 51.6 Å². The lowest BCUT2D eigenvalue weighted by Crippen LogP contribution is -2.14. The number of halogens is 1. The van der Waals surface area contributed by atoms with Crippen LogP contribution in [0.2, 0.25) is 5.02 Å². The number of amidine groups is 1. The highest BCUT2D eigenvalue weighted by molar-refractivity contribution is 7.99. The van der Waals surface area contributed by atoms with Crippen molar-refractivity contribution < 1.29 is 5.21 Å². The predicted molar refractivity (Wildman–Crippen MR) is 86.4 cm³/mol. The number of rotatable bonds is 4. The monoisotopic (exact) mass is 321 g/mol. The summed E-state index contributed by atoms with van der Waals surface area (Å²) in [5, 5.41) is 12.7. The van der Waals surface area contributed by atoms with E-state index < -0.39 is 0 Å². The zero-order valence-corrected chi connectivity index (χ0v) is 13.3. The fourth-order valence-electron chi connectivity index (χ4n) is 1.78. The van der Waals surface area contributed by atoms with E-state index in [0.29, 0.717) is 21.5 Å². The van der Waals surface area contributed by atoms with Crippen LogP contribution in [0.25, 0.3) is 0 Å². The van der Waals surface area contributed by atoms with Gasteiger partial charge >= 0.3 is 0 Å². The van der Waals surface area contributed by atoms with Crippen molar-refractivity contribution in [1.29, 1.82) is 0 Å². The normalized spacial score (nSPS) is 11.9. The molecule has 4 nitrogen and oxygen atoms in total. The fourth-order valence-corrected chi connectivity index (χ4v) is 2.91. The van der Waals surface area contributed by atoms with E-state index in [1.165, 1.54) is 17.3 Å². The second-order valence-corrected chi connectivity index (χ2v) is 6.23. The number of pyridine rings is 1. The lowest BCUT2D eigenvalue weighted by atomic mass is 10.0. The number of nitrogens with zero attached hydrogens (tertiary/aromatic N) is 2. The molecule has 0 atom stereocenters. The second-order valence-electron chi connectivity index (χ2n) is 4.79. The van der Waals surface area contributed by atoms with Crippen molar-refractivity contribution in [1.82, 2.24) is 4.98 Å². The molecule has 1 heterocycles. The van der Waals surface area contributed by atoms with E-state index in [2.05, 4.69) is 36.1 Å². The lowest BCUT2D eigenvalue weighted by molar-refractivity contribution is 0.318. The fraction of sp³-hybridized carbons (Fsp3) is 0.200. The Morgan fingerprint density at radius 1 is 1.29 bits per heavy atom. The van der Waals surface area contributed by atoms with Gasteiger partial charge in [0.15, 0.2) is 5.84 Å². The third-order valence-electron chi connectivity index (χ3n) is 3.00. The molecular weight excluding hydrogens is 306 g/mol. The van der Waals surface area contributed by atoms with Gasteiger partial charge in [-0.1, -0.05) is 54.5 Å². The Morgan fingerprint density at radius 2 is 1.95 bits per heavy atom. The zero-order valence-electron chi connectivity index (χ0n) is 11.7. The van der Waals surface area contributed by atoms with Crippen LogP contribution in [0.3, 0.4) is 0 Å². The first-order valence-electron chi connectivity index (χ1n) is 6.43. The molecule has 0 saturated heterocycles. The van der Waals surface area contributed by atoms with Crippen molar-refractivity contribution in [3.8, 4) is 0 Å². The number of oxime groups is 1. The van der Waals surface area contributed by atoms with Crippen molar-refractivity contribution >= 4 is 29.2 Å². The molecule has 0 aliphatic heterocycles. The first-order valence-corrected chi connectivity index (χ1v) is 7.62. The van der Waals surface area contributed by atoms with E-state index in [4.69, 9.17) is 22.5 Å². The average molecular weight is 322 g/mol. The summed E-state index contributed by atoms with van der Waals surface area (Å²) in [5.74, 6) is 0.467. The van der Waals surface area contributed by atoms with Crippen molar-refractivity contribution in [3.63, 3.8) is 0 Å². The Labute approximate surface area is 133 Å². The van der Waals surface area contributed by atoms with Crippen LogP contribution in [0, 0.1) is 0 Å². The molecule has 1 aromatic heterocycles. The average Bonchev–Trinajstić information content (AvgIpc) is 2.49. The van der Waals surface area contributed by atoms with Crippen molar-refractivity contribution in [2.24, 2.45) is 10.9 Å².